The van der Waals surface area contributed by atoms with E-state index in [1.165, 1.54) is 5.56 Å². The Labute approximate surface area is 121 Å². The topological polar surface area (TPSA) is 26.3 Å². The van der Waals surface area contributed by atoms with Gasteiger partial charge < -0.3 is 4.74 Å². The number of carbonyl (C=O) groups excluding carboxylic acids is 1. The smallest absolute Gasteiger partial charge is 0.306 e. The predicted molar refractivity (Wildman–Crippen MR) is 81.6 cm³/mol. The highest BCUT2D eigenvalue weighted by atomic mass is 16.5. The summed E-state index contributed by atoms with van der Waals surface area (Å²) in [4.78, 5) is 12.0. The lowest BCUT2D eigenvalue weighted by atomic mass is 9.70. The van der Waals surface area contributed by atoms with Gasteiger partial charge in [-0.25, -0.2) is 0 Å². The minimum absolute atomic E-state index is 0.0573. The molecule has 0 amide bonds. The summed E-state index contributed by atoms with van der Waals surface area (Å²) < 4.78 is 5.21. The summed E-state index contributed by atoms with van der Waals surface area (Å²) in [6.45, 7) is 2.33. The van der Waals surface area contributed by atoms with E-state index in [0.717, 1.165) is 32.1 Å². The number of hydrogen-bond acceptors (Lipinski definition) is 2. The molecular formula is C18H24O2. The number of allylic oxidation sites excluding steroid dienone is 2. The van der Waals surface area contributed by atoms with Crippen molar-refractivity contribution in [1.29, 1.82) is 0 Å². The number of hydrogen-bond donors (Lipinski definition) is 0. The number of benzene rings is 1. The first-order valence-electron chi connectivity index (χ1n) is 7.63. The highest BCUT2D eigenvalue weighted by molar-refractivity contribution is 5.71. The Kier molecular flexibility index (Phi) is 5.40. The molecule has 0 radical (unpaired) electrons. The van der Waals surface area contributed by atoms with Gasteiger partial charge in [-0.2, -0.15) is 0 Å². The Balaban J connectivity index is 2.26. The van der Waals surface area contributed by atoms with Gasteiger partial charge in [-0.1, -0.05) is 42.5 Å². The van der Waals surface area contributed by atoms with Crippen molar-refractivity contribution in [2.75, 3.05) is 6.61 Å². The van der Waals surface area contributed by atoms with E-state index in [-0.39, 0.29) is 11.4 Å². The molecule has 108 valence electrons. The van der Waals surface area contributed by atoms with Crippen LogP contribution in [-0.2, 0) is 14.9 Å². The van der Waals surface area contributed by atoms with E-state index in [2.05, 4.69) is 36.4 Å². The van der Waals surface area contributed by atoms with Crippen LogP contribution in [0.3, 0.4) is 0 Å². The van der Waals surface area contributed by atoms with Gasteiger partial charge in [-0.05, 0) is 44.6 Å². The van der Waals surface area contributed by atoms with Crippen molar-refractivity contribution >= 4 is 5.97 Å². The predicted octanol–water partition coefficient (Wildman–Crippen LogP) is 4.40. The van der Waals surface area contributed by atoms with Crippen LogP contribution in [0.15, 0.2) is 42.5 Å². The van der Waals surface area contributed by atoms with E-state index in [0.29, 0.717) is 13.0 Å². The maximum absolute atomic E-state index is 12.0. The highest BCUT2D eigenvalue weighted by Crippen LogP contribution is 2.39. The van der Waals surface area contributed by atoms with E-state index >= 15 is 0 Å². The molecule has 2 rings (SSSR count). The fraction of sp³-hybridized carbons (Fsp3) is 0.500. The van der Waals surface area contributed by atoms with E-state index in [1.807, 2.05) is 13.0 Å². The summed E-state index contributed by atoms with van der Waals surface area (Å²) in [6.07, 6.45) is 10.4. The quantitative estimate of drug-likeness (QED) is 0.600. The van der Waals surface area contributed by atoms with E-state index in [9.17, 15) is 4.79 Å². The van der Waals surface area contributed by atoms with Crippen LogP contribution in [-0.4, -0.2) is 12.6 Å². The van der Waals surface area contributed by atoms with Crippen LogP contribution in [0.25, 0.3) is 0 Å². The Morgan fingerprint density at radius 3 is 2.65 bits per heavy atom. The summed E-state index contributed by atoms with van der Waals surface area (Å²) in [7, 11) is 0. The molecule has 2 nitrogen and oxygen atoms in total. The third kappa shape index (κ3) is 3.72. The van der Waals surface area contributed by atoms with E-state index in [1.54, 1.807) is 0 Å². The van der Waals surface area contributed by atoms with Crippen LogP contribution in [0, 0.1) is 0 Å². The summed E-state index contributed by atoms with van der Waals surface area (Å²) >= 11 is 0. The summed E-state index contributed by atoms with van der Waals surface area (Å²) in [6, 6.07) is 10.5. The molecule has 0 aliphatic heterocycles. The average Bonchev–Trinajstić information content (AvgIpc) is 2.43. The minimum Gasteiger partial charge on any atom is -0.466 e. The van der Waals surface area contributed by atoms with Crippen molar-refractivity contribution in [1.82, 2.24) is 0 Å². The summed E-state index contributed by atoms with van der Waals surface area (Å²) in [5.74, 6) is -0.0686. The van der Waals surface area contributed by atoms with Gasteiger partial charge in [-0.3, -0.25) is 4.79 Å². The second-order valence-corrected chi connectivity index (χ2v) is 5.53. The van der Waals surface area contributed by atoms with Gasteiger partial charge in [0.1, 0.15) is 0 Å². The van der Waals surface area contributed by atoms with Crippen molar-refractivity contribution in [3.05, 3.63) is 48.0 Å². The van der Waals surface area contributed by atoms with Crippen LogP contribution in [0.4, 0.5) is 0 Å². The van der Waals surface area contributed by atoms with Gasteiger partial charge in [0.2, 0.25) is 0 Å². The Bertz CT molecular complexity index is 450. The number of esters is 1. The molecule has 1 aliphatic carbocycles. The zero-order chi connectivity index (χ0) is 14.3. The molecular weight excluding hydrogens is 248 g/mol. The van der Waals surface area contributed by atoms with Gasteiger partial charge in [0.25, 0.3) is 0 Å². The van der Waals surface area contributed by atoms with Crippen molar-refractivity contribution in [2.24, 2.45) is 0 Å². The molecule has 1 atom stereocenters. The first-order chi connectivity index (χ1) is 9.77. The second kappa shape index (κ2) is 7.28. The molecule has 1 aliphatic rings. The molecule has 1 aromatic carbocycles. The normalized spacial score (nSPS) is 22.9. The van der Waals surface area contributed by atoms with Crippen LogP contribution in [0.5, 0.6) is 0 Å². The minimum atomic E-state index is -0.0686. The number of ether oxygens (including phenoxy) is 1. The SMILES string of the molecule is CCOC(=O)CC1(c2ccccc2)CCC=CCCC1. The van der Waals surface area contributed by atoms with Gasteiger partial charge in [-0.15, -0.1) is 0 Å². The number of rotatable bonds is 4. The lowest BCUT2D eigenvalue weighted by Gasteiger charge is -2.34. The lowest BCUT2D eigenvalue weighted by molar-refractivity contribution is -0.144. The average molecular weight is 272 g/mol. The lowest BCUT2D eigenvalue weighted by Crippen LogP contribution is -2.31. The van der Waals surface area contributed by atoms with Crippen molar-refractivity contribution < 1.29 is 9.53 Å². The fourth-order valence-electron chi connectivity index (χ4n) is 3.13. The van der Waals surface area contributed by atoms with Crippen molar-refractivity contribution in [2.45, 2.75) is 50.9 Å². The molecule has 0 fully saturated rings. The first-order valence-corrected chi connectivity index (χ1v) is 7.63. The van der Waals surface area contributed by atoms with Crippen LogP contribution >= 0.6 is 0 Å². The van der Waals surface area contributed by atoms with Gasteiger partial charge >= 0.3 is 5.97 Å². The third-order valence-corrected chi connectivity index (χ3v) is 4.16. The van der Waals surface area contributed by atoms with Crippen LogP contribution < -0.4 is 0 Å². The zero-order valence-corrected chi connectivity index (χ0v) is 12.3. The van der Waals surface area contributed by atoms with Crippen molar-refractivity contribution in [3.63, 3.8) is 0 Å². The molecule has 0 saturated carbocycles. The van der Waals surface area contributed by atoms with Crippen LogP contribution in [0.1, 0.15) is 51.0 Å². The monoisotopic (exact) mass is 272 g/mol. The van der Waals surface area contributed by atoms with Gasteiger partial charge in [0, 0.05) is 5.41 Å². The molecule has 0 spiro atoms. The van der Waals surface area contributed by atoms with Gasteiger partial charge in [0.15, 0.2) is 0 Å². The molecule has 0 bridgehead atoms. The molecule has 20 heavy (non-hydrogen) atoms. The third-order valence-electron chi connectivity index (χ3n) is 4.16. The Morgan fingerprint density at radius 1 is 1.15 bits per heavy atom. The summed E-state index contributed by atoms with van der Waals surface area (Å²) in [5.41, 5.74) is 1.22. The van der Waals surface area contributed by atoms with E-state index in [4.69, 9.17) is 4.74 Å². The van der Waals surface area contributed by atoms with E-state index < -0.39 is 0 Å². The van der Waals surface area contributed by atoms with Crippen molar-refractivity contribution in [3.8, 4) is 0 Å². The number of carbonyl (C=O) groups is 1. The Morgan fingerprint density at radius 2 is 1.90 bits per heavy atom. The Hall–Kier alpha value is -1.57. The van der Waals surface area contributed by atoms with Crippen LogP contribution in [0.2, 0.25) is 0 Å². The molecule has 0 saturated heterocycles. The zero-order valence-electron chi connectivity index (χ0n) is 12.3. The molecule has 0 N–H and O–H groups in total. The maximum atomic E-state index is 12.0. The molecule has 0 aromatic heterocycles. The summed E-state index contributed by atoms with van der Waals surface area (Å²) in [5, 5.41) is 0. The standard InChI is InChI=1S/C18H24O2/c1-2-20-17(19)15-18(16-11-7-6-8-12-16)13-9-4-3-5-10-14-18/h3-4,6-8,11-12H,2,5,9-10,13-15H2,1H3. The molecule has 1 aromatic rings. The fourth-order valence-corrected chi connectivity index (χ4v) is 3.13. The van der Waals surface area contributed by atoms with Gasteiger partial charge in [0.05, 0.1) is 13.0 Å². The molecule has 0 heterocycles. The molecule has 1 unspecified atom stereocenters. The first kappa shape index (κ1) is 14.8. The second-order valence-electron chi connectivity index (χ2n) is 5.53. The highest BCUT2D eigenvalue weighted by Gasteiger charge is 2.34. The molecule has 2 heteroatoms. The maximum Gasteiger partial charge on any atom is 0.306 e. The largest absolute Gasteiger partial charge is 0.466 e.